The van der Waals surface area contributed by atoms with Gasteiger partial charge in [0.1, 0.15) is 16.3 Å². The first-order valence-corrected chi connectivity index (χ1v) is 9.71. The van der Waals surface area contributed by atoms with Gasteiger partial charge in [-0.05, 0) is 26.8 Å². The number of nitrogens with two attached hydrogens (primary N) is 1. The minimum absolute atomic E-state index is 0.0172. The Morgan fingerprint density at radius 1 is 1.21 bits per heavy atom. The van der Waals surface area contributed by atoms with Gasteiger partial charge < -0.3 is 10.5 Å². The third kappa shape index (κ3) is 3.09. The van der Waals surface area contributed by atoms with Crippen molar-refractivity contribution in [3.8, 4) is 17.0 Å². The molecule has 0 fully saturated rings. The molecule has 0 aliphatic rings. The molecular formula is C18H19FN4O4S. The fourth-order valence-corrected chi connectivity index (χ4v) is 3.96. The minimum Gasteiger partial charge on any atom is -0.495 e. The summed E-state index contributed by atoms with van der Waals surface area (Å²) in [5.74, 6) is -1.70. The number of hydrogen-bond donors (Lipinski definition) is 1. The topological polar surface area (TPSA) is 117 Å². The molecule has 3 aromatic rings. The van der Waals surface area contributed by atoms with E-state index in [0.29, 0.717) is 16.9 Å². The summed E-state index contributed by atoms with van der Waals surface area (Å²) in [6, 6.07) is 2.59. The fraction of sp³-hybridized carbons (Fsp3) is 0.278. The van der Waals surface area contributed by atoms with Gasteiger partial charge in [-0.2, -0.15) is 0 Å². The summed E-state index contributed by atoms with van der Waals surface area (Å²) in [6.45, 7) is 4.76. The van der Waals surface area contributed by atoms with Crippen molar-refractivity contribution in [1.29, 1.82) is 0 Å². The Labute approximate surface area is 161 Å². The van der Waals surface area contributed by atoms with Gasteiger partial charge >= 0.3 is 0 Å². The van der Waals surface area contributed by atoms with E-state index in [0.717, 1.165) is 6.07 Å². The number of fused-ring (bicyclic) bond motifs is 1. The summed E-state index contributed by atoms with van der Waals surface area (Å²) in [7, 11) is -2.36. The van der Waals surface area contributed by atoms with Crippen LogP contribution in [-0.2, 0) is 9.84 Å². The number of hydrogen-bond acceptors (Lipinski definition) is 6. The van der Waals surface area contributed by atoms with Crippen LogP contribution in [0.3, 0.4) is 0 Å². The Kier molecular flexibility index (Phi) is 4.62. The van der Waals surface area contributed by atoms with Crippen LogP contribution in [-0.4, -0.2) is 40.6 Å². The van der Waals surface area contributed by atoms with E-state index in [1.165, 1.54) is 36.2 Å². The Morgan fingerprint density at radius 2 is 1.89 bits per heavy atom. The Balaban J connectivity index is 2.27. The first-order valence-electron chi connectivity index (χ1n) is 8.23. The number of sulfone groups is 1. The molecule has 0 bridgehead atoms. The molecule has 3 aromatic heterocycles. The highest BCUT2D eigenvalue weighted by molar-refractivity contribution is 7.92. The van der Waals surface area contributed by atoms with E-state index in [-0.39, 0.29) is 10.6 Å². The van der Waals surface area contributed by atoms with Crippen LogP contribution in [0.25, 0.3) is 16.9 Å². The van der Waals surface area contributed by atoms with Gasteiger partial charge in [0, 0.05) is 24.0 Å². The smallest absolute Gasteiger partial charge is 0.270 e. The molecule has 0 spiro atoms. The SMILES string of the molecule is COc1cc2ncc(-c3cnc(C(N)=O)c(F)c3)n2cc1S(=O)(=O)C(C)(C)C. The number of rotatable bonds is 4. The van der Waals surface area contributed by atoms with Crippen LogP contribution in [0.15, 0.2) is 35.6 Å². The predicted octanol–water partition coefficient (Wildman–Crippen LogP) is 2.22. The molecule has 1 amide bonds. The lowest BCUT2D eigenvalue weighted by Crippen LogP contribution is -2.28. The van der Waals surface area contributed by atoms with Gasteiger partial charge in [0.05, 0.1) is 23.7 Å². The minimum atomic E-state index is -3.74. The number of amides is 1. The van der Waals surface area contributed by atoms with Crippen LogP contribution in [0.5, 0.6) is 5.75 Å². The van der Waals surface area contributed by atoms with Crippen molar-refractivity contribution in [3.63, 3.8) is 0 Å². The van der Waals surface area contributed by atoms with Gasteiger partial charge in [0.15, 0.2) is 21.3 Å². The van der Waals surface area contributed by atoms with Crippen molar-refractivity contribution < 1.29 is 22.3 Å². The number of carbonyl (C=O) groups is 1. The Hall–Kier alpha value is -3.01. The molecule has 0 aliphatic carbocycles. The molecule has 3 heterocycles. The van der Waals surface area contributed by atoms with Gasteiger partial charge in [0.25, 0.3) is 5.91 Å². The summed E-state index contributed by atoms with van der Waals surface area (Å²) < 4.78 is 45.8. The number of imidazole rings is 1. The van der Waals surface area contributed by atoms with Crippen LogP contribution in [0.2, 0.25) is 0 Å². The number of nitrogens with zero attached hydrogens (tertiary/aromatic N) is 3. The summed E-state index contributed by atoms with van der Waals surface area (Å²) in [6.07, 6.45) is 4.11. The second kappa shape index (κ2) is 6.55. The normalized spacial score (nSPS) is 12.3. The molecule has 0 aromatic carbocycles. The number of aromatic nitrogens is 3. The molecule has 28 heavy (non-hydrogen) atoms. The molecule has 8 nitrogen and oxygen atoms in total. The van der Waals surface area contributed by atoms with Gasteiger partial charge in [0.2, 0.25) is 0 Å². The summed E-state index contributed by atoms with van der Waals surface area (Å²) in [4.78, 5) is 19.1. The first-order chi connectivity index (χ1) is 13.0. The molecule has 0 saturated heterocycles. The molecule has 0 radical (unpaired) electrons. The van der Waals surface area contributed by atoms with E-state index in [1.54, 1.807) is 20.8 Å². The highest BCUT2D eigenvalue weighted by Gasteiger charge is 2.34. The molecule has 0 saturated carbocycles. The molecule has 3 rings (SSSR count). The largest absolute Gasteiger partial charge is 0.495 e. The van der Waals surface area contributed by atoms with E-state index < -0.39 is 32.0 Å². The van der Waals surface area contributed by atoms with E-state index in [2.05, 4.69) is 9.97 Å². The number of carbonyl (C=O) groups excluding carboxylic acids is 1. The number of ether oxygens (including phenoxy) is 1. The van der Waals surface area contributed by atoms with E-state index in [1.807, 2.05) is 0 Å². The highest BCUT2D eigenvalue weighted by Crippen LogP contribution is 2.34. The van der Waals surface area contributed by atoms with Gasteiger partial charge in [-0.3, -0.25) is 9.20 Å². The molecule has 0 unspecified atom stereocenters. The lowest BCUT2D eigenvalue weighted by molar-refractivity contribution is 0.0991. The predicted molar refractivity (Wildman–Crippen MR) is 100 cm³/mol. The maximum Gasteiger partial charge on any atom is 0.270 e. The second-order valence-corrected chi connectivity index (χ2v) is 9.78. The van der Waals surface area contributed by atoms with Crippen LogP contribution in [0.4, 0.5) is 4.39 Å². The number of pyridine rings is 2. The van der Waals surface area contributed by atoms with Crippen molar-refractivity contribution in [2.45, 2.75) is 30.4 Å². The van der Waals surface area contributed by atoms with Gasteiger partial charge in [-0.15, -0.1) is 0 Å². The van der Waals surface area contributed by atoms with E-state index >= 15 is 0 Å². The average molecular weight is 406 g/mol. The first kappa shape index (κ1) is 19.7. The number of halogens is 1. The van der Waals surface area contributed by atoms with Crippen molar-refractivity contribution in [1.82, 2.24) is 14.4 Å². The molecule has 2 N–H and O–H groups in total. The standard InChI is InChI=1S/C18H19FN4O4S/c1-18(2,3)28(25,26)14-9-23-12(8-21-15(23)6-13(14)27-4)10-5-11(19)16(17(20)24)22-7-10/h5-9H,1-4H3,(H2,20,24). The Bertz CT molecular complexity index is 1200. The van der Waals surface area contributed by atoms with Crippen LogP contribution < -0.4 is 10.5 Å². The molecule has 0 aliphatic heterocycles. The molecule has 0 atom stereocenters. The Morgan fingerprint density at radius 3 is 2.43 bits per heavy atom. The summed E-state index contributed by atoms with van der Waals surface area (Å²) in [5.41, 5.74) is 5.70. The van der Waals surface area contributed by atoms with Crippen LogP contribution >= 0.6 is 0 Å². The maximum absolute atomic E-state index is 14.1. The lowest BCUT2D eigenvalue weighted by atomic mass is 10.2. The van der Waals surface area contributed by atoms with Crippen molar-refractivity contribution in [2.75, 3.05) is 7.11 Å². The summed E-state index contributed by atoms with van der Waals surface area (Å²) >= 11 is 0. The zero-order chi connectivity index (χ0) is 20.9. The van der Waals surface area contributed by atoms with Crippen molar-refractivity contribution in [2.24, 2.45) is 5.73 Å². The number of methoxy groups -OCH3 is 1. The van der Waals surface area contributed by atoms with Gasteiger partial charge in [-0.1, -0.05) is 0 Å². The maximum atomic E-state index is 14.1. The number of primary amides is 1. The zero-order valence-corrected chi connectivity index (χ0v) is 16.5. The molecular weight excluding hydrogens is 387 g/mol. The van der Waals surface area contributed by atoms with Crippen molar-refractivity contribution >= 4 is 21.4 Å². The van der Waals surface area contributed by atoms with E-state index in [4.69, 9.17) is 10.5 Å². The van der Waals surface area contributed by atoms with Crippen LogP contribution in [0, 0.1) is 5.82 Å². The van der Waals surface area contributed by atoms with Crippen LogP contribution in [0.1, 0.15) is 31.3 Å². The molecule has 10 heteroatoms. The quantitative estimate of drug-likeness (QED) is 0.710. The van der Waals surface area contributed by atoms with E-state index in [9.17, 15) is 17.6 Å². The third-order valence-electron chi connectivity index (χ3n) is 4.26. The zero-order valence-electron chi connectivity index (χ0n) is 15.7. The lowest BCUT2D eigenvalue weighted by Gasteiger charge is -2.21. The third-order valence-corrected chi connectivity index (χ3v) is 6.76. The molecule has 148 valence electrons. The highest BCUT2D eigenvalue weighted by atomic mass is 32.2. The summed E-state index contributed by atoms with van der Waals surface area (Å²) in [5, 5.41) is 0. The van der Waals surface area contributed by atoms with Gasteiger partial charge in [-0.25, -0.2) is 22.8 Å². The monoisotopic (exact) mass is 406 g/mol. The second-order valence-electron chi connectivity index (χ2n) is 7.11. The average Bonchev–Trinajstić information content (AvgIpc) is 3.02. The fourth-order valence-electron chi connectivity index (χ4n) is 2.65. The van der Waals surface area contributed by atoms with Crippen molar-refractivity contribution in [3.05, 3.63) is 42.2 Å².